The predicted octanol–water partition coefficient (Wildman–Crippen LogP) is 2.74. The van der Waals surface area contributed by atoms with Crippen LogP contribution in [0.3, 0.4) is 0 Å². The second kappa shape index (κ2) is 9.87. The molecule has 2 aliphatic rings. The second-order valence-electron chi connectivity index (χ2n) is 10.4. The second-order valence-corrected chi connectivity index (χ2v) is 10.8. The van der Waals surface area contributed by atoms with E-state index >= 15 is 0 Å². The van der Waals surface area contributed by atoms with Crippen molar-refractivity contribution >= 4 is 23.3 Å². The molecule has 40 heavy (non-hydrogen) atoms. The van der Waals surface area contributed by atoms with Crippen LogP contribution in [-0.4, -0.2) is 63.7 Å². The highest BCUT2D eigenvalue weighted by molar-refractivity contribution is 6.30. The Morgan fingerprint density at radius 1 is 1.12 bits per heavy atom. The lowest BCUT2D eigenvalue weighted by atomic mass is 10.1. The number of piperidine rings is 1. The number of fused-ring (bicyclic) bond motifs is 1. The average molecular weight is 556 g/mol. The van der Waals surface area contributed by atoms with Crippen LogP contribution < -0.4 is 10.2 Å². The number of carbonyl (C=O) groups excluding carboxylic acids is 1. The van der Waals surface area contributed by atoms with E-state index in [1.807, 2.05) is 25.5 Å². The molecule has 1 N–H and O–H groups in total. The van der Waals surface area contributed by atoms with Gasteiger partial charge in [0.15, 0.2) is 0 Å². The standard InChI is InChI=1S/C27H26ClN11O/c1-36-12-21(10-32-36)26-23(27(40)30-9-18-7-22(28)3-4-24(18)39-16-31-34-35-39)15-38(33-26)11-17-2-5-25(29-8-17)37-13-19-6-20(19)14-37/h2-5,7-8,10,12,15-16,19-20H,6,9,11,13-14H2,1H3,(H,30,40). The summed E-state index contributed by atoms with van der Waals surface area (Å²) in [6.45, 7) is 2.91. The Morgan fingerprint density at radius 3 is 2.73 bits per heavy atom. The van der Waals surface area contributed by atoms with E-state index in [0.29, 0.717) is 22.8 Å². The monoisotopic (exact) mass is 555 g/mol. The van der Waals surface area contributed by atoms with E-state index in [9.17, 15) is 4.79 Å². The van der Waals surface area contributed by atoms with E-state index in [1.54, 1.807) is 33.9 Å². The maximum absolute atomic E-state index is 13.5. The summed E-state index contributed by atoms with van der Waals surface area (Å²) < 4.78 is 4.99. The molecule has 2 unspecified atom stereocenters. The van der Waals surface area contributed by atoms with Crippen LogP contribution in [0.5, 0.6) is 0 Å². The van der Waals surface area contributed by atoms with Gasteiger partial charge in [-0.3, -0.25) is 14.2 Å². The van der Waals surface area contributed by atoms with Gasteiger partial charge in [0.1, 0.15) is 17.8 Å². The third kappa shape index (κ3) is 4.81. The first kappa shape index (κ1) is 24.5. The van der Waals surface area contributed by atoms with Gasteiger partial charge >= 0.3 is 0 Å². The Labute approximate surface area is 234 Å². The molecule has 202 valence electrons. The number of hydrogen-bond acceptors (Lipinski definition) is 8. The molecule has 0 bridgehead atoms. The maximum Gasteiger partial charge on any atom is 0.255 e. The SMILES string of the molecule is Cn1cc(-c2nn(Cc3ccc(N4CC5CC5C4)nc3)cc2C(=O)NCc2cc(Cl)ccc2-n2cnnn2)cn1. The first-order chi connectivity index (χ1) is 19.5. The Hall–Kier alpha value is -4.58. The van der Waals surface area contributed by atoms with Gasteiger partial charge in [0.05, 0.1) is 24.0 Å². The number of aromatic nitrogens is 9. The van der Waals surface area contributed by atoms with Gasteiger partial charge in [-0.05, 0) is 64.1 Å². The maximum atomic E-state index is 13.5. The Balaban J connectivity index is 1.12. The Morgan fingerprint density at radius 2 is 2.00 bits per heavy atom. The largest absolute Gasteiger partial charge is 0.356 e. The number of nitrogens with one attached hydrogen (secondary N) is 1. The van der Waals surface area contributed by atoms with E-state index < -0.39 is 0 Å². The number of carbonyl (C=O) groups is 1. The van der Waals surface area contributed by atoms with Crippen molar-refractivity contribution in [2.24, 2.45) is 18.9 Å². The molecule has 0 spiro atoms. The normalized spacial score (nSPS) is 17.7. The van der Waals surface area contributed by atoms with Gasteiger partial charge in [0.2, 0.25) is 0 Å². The van der Waals surface area contributed by atoms with Gasteiger partial charge in [0, 0.05) is 55.9 Å². The van der Waals surface area contributed by atoms with Crippen LogP contribution in [-0.2, 0) is 20.1 Å². The van der Waals surface area contributed by atoms with Crippen LogP contribution >= 0.6 is 11.6 Å². The lowest BCUT2D eigenvalue weighted by Crippen LogP contribution is -2.24. The molecule has 7 rings (SSSR count). The fourth-order valence-corrected chi connectivity index (χ4v) is 5.55. The van der Waals surface area contributed by atoms with Crippen molar-refractivity contribution in [3.8, 4) is 16.9 Å². The Kier molecular flexibility index (Phi) is 6.03. The molecule has 1 saturated carbocycles. The first-order valence-corrected chi connectivity index (χ1v) is 13.4. The number of aryl methyl sites for hydroxylation is 1. The van der Waals surface area contributed by atoms with Crippen molar-refractivity contribution in [1.29, 1.82) is 0 Å². The molecule has 4 aromatic heterocycles. The summed E-state index contributed by atoms with van der Waals surface area (Å²) in [6, 6.07) is 9.50. The molecule has 13 heteroatoms. The van der Waals surface area contributed by atoms with Crippen LogP contribution in [0.25, 0.3) is 16.9 Å². The molecular formula is C27H26ClN11O. The first-order valence-electron chi connectivity index (χ1n) is 13.1. The zero-order valence-electron chi connectivity index (χ0n) is 21.7. The molecule has 5 heterocycles. The van der Waals surface area contributed by atoms with Crippen molar-refractivity contribution in [3.63, 3.8) is 0 Å². The molecule has 2 atom stereocenters. The third-order valence-corrected chi connectivity index (χ3v) is 7.75. The lowest BCUT2D eigenvalue weighted by molar-refractivity contribution is 0.0951. The number of tetrazole rings is 1. The van der Waals surface area contributed by atoms with Gasteiger partial charge in [-0.2, -0.15) is 10.2 Å². The van der Waals surface area contributed by atoms with Gasteiger partial charge in [-0.15, -0.1) is 5.10 Å². The third-order valence-electron chi connectivity index (χ3n) is 7.52. The number of rotatable bonds is 8. The highest BCUT2D eigenvalue weighted by Crippen LogP contribution is 2.45. The number of pyridine rings is 1. The summed E-state index contributed by atoms with van der Waals surface area (Å²) in [5, 5.41) is 24.0. The molecule has 5 aromatic rings. The fraction of sp³-hybridized carbons (Fsp3) is 0.296. The summed E-state index contributed by atoms with van der Waals surface area (Å²) in [5.41, 5.74) is 4.25. The van der Waals surface area contributed by atoms with Crippen molar-refractivity contribution in [1.82, 2.24) is 50.1 Å². The molecule has 1 aliphatic carbocycles. The smallest absolute Gasteiger partial charge is 0.255 e. The molecule has 1 saturated heterocycles. The highest BCUT2D eigenvalue weighted by Gasteiger charge is 2.45. The summed E-state index contributed by atoms with van der Waals surface area (Å²) in [4.78, 5) is 20.6. The zero-order valence-corrected chi connectivity index (χ0v) is 22.5. The van der Waals surface area contributed by atoms with Crippen molar-refractivity contribution in [2.45, 2.75) is 19.5 Å². The van der Waals surface area contributed by atoms with Gasteiger partial charge < -0.3 is 10.2 Å². The summed E-state index contributed by atoms with van der Waals surface area (Å²) in [5.74, 6) is 2.46. The van der Waals surface area contributed by atoms with E-state index in [-0.39, 0.29) is 12.5 Å². The van der Waals surface area contributed by atoms with E-state index in [4.69, 9.17) is 21.7 Å². The number of hydrogen-bond donors (Lipinski definition) is 1. The summed E-state index contributed by atoms with van der Waals surface area (Å²) >= 11 is 6.25. The highest BCUT2D eigenvalue weighted by atomic mass is 35.5. The van der Waals surface area contributed by atoms with Crippen LogP contribution in [0, 0.1) is 11.8 Å². The number of halogens is 1. The van der Waals surface area contributed by atoms with E-state index in [2.05, 4.69) is 43.0 Å². The molecule has 2 fully saturated rings. The van der Waals surface area contributed by atoms with Crippen LogP contribution in [0.15, 0.2) is 61.4 Å². The van der Waals surface area contributed by atoms with E-state index in [1.165, 1.54) is 17.4 Å². The topological polar surface area (TPSA) is 124 Å². The fourth-order valence-electron chi connectivity index (χ4n) is 5.36. The minimum absolute atomic E-state index is 0.218. The van der Waals surface area contributed by atoms with Crippen LogP contribution in [0.1, 0.15) is 27.9 Å². The zero-order chi connectivity index (χ0) is 27.2. The van der Waals surface area contributed by atoms with Crippen LogP contribution in [0.4, 0.5) is 5.82 Å². The quantitative estimate of drug-likeness (QED) is 0.310. The number of nitrogens with zero attached hydrogens (tertiary/aromatic N) is 10. The molecule has 0 radical (unpaired) electrons. The minimum Gasteiger partial charge on any atom is -0.356 e. The van der Waals surface area contributed by atoms with Crippen molar-refractivity contribution < 1.29 is 4.79 Å². The molecular weight excluding hydrogens is 530 g/mol. The summed E-state index contributed by atoms with van der Waals surface area (Å²) in [6.07, 6.45) is 10.1. The molecule has 1 aromatic carbocycles. The van der Waals surface area contributed by atoms with Gasteiger partial charge in [0.25, 0.3) is 5.91 Å². The number of amides is 1. The van der Waals surface area contributed by atoms with E-state index in [0.717, 1.165) is 53.1 Å². The number of anilines is 1. The minimum atomic E-state index is -0.270. The Bertz CT molecular complexity index is 1660. The molecule has 1 amide bonds. The van der Waals surface area contributed by atoms with Crippen LogP contribution in [0.2, 0.25) is 5.02 Å². The molecule has 1 aliphatic heterocycles. The van der Waals surface area contributed by atoms with Gasteiger partial charge in [-0.25, -0.2) is 9.67 Å². The molecule has 12 nitrogen and oxygen atoms in total. The number of benzene rings is 1. The summed E-state index contributed by atoms with van der Waals surface area (Å²) in [7, 11) is 1.83. The predicted molar refractivity (Wildman–Crippen MR) is 147 cm³/mol. The lowest BCUT2D eigenvalue weighted by Gasteiger charge is -2.18. The van der Waals surface area contributed by atoms with Crippen molar-refractivity contribution in [2.75, 3.05) is 18.0 Å². The van der Waals surface area contributed by atoms with Gasteiger partial charge in [-0.1, -0.05) is 17.7 Å². The average Bonchev–Trinajstić information content (AvgIpc) is 3.51. The van der Waals surface area contributed by atoms with Crippen molar-refractivity contribution in [3.05, 3.63) is 83.2 Å².